The standard InChI is InChI=1S/C13H10BrClN2O2/c14-9-6-7(4-5-10(9)15)17-13(19)8-2-1-3-11(16)12(8)18/h1-6,18H,16H2,(H,17,19). The lowest BCUT2D eigenvalue weighted by Gasteiger charge is -2.09. The summed E-state index contributed by atoms with van der Waals surface area (Å²) in [5.41, 5.74) is 6.37. The lowest BCUT2D eigenvalue weighted by Crippen LogP contribution is -2.12. The van der Waals surface area contributed by atoms with Crippen LogP contribution in [0.3, 0.4) is 0 Å². The van der Waals surface area contributed by atoms with Crippen molar-refractivity contribution in [2.45, 2.75) is 0 Å². The Morgan fingerprint density at radius 2 is 2.05 bits per heavy atom. The fourth-order valence-corrected chi connectivity index (χ4v) is 2.01. The Labute approximate surface area is 123 Å². The third kappa shape index (κ3) is 3.00. The van der Waals surface area contributed by atoms with Crippen LogP contribution in [0.25, 0.3) is 0 Å². The fraction of sp³-hybridized carbons (Fsp3) is 0. The first kappa shape index (κ1) is 13.7. The maximum atomic E-state index is 12.0. The number of phenolic OH excluding ortho intramolecular Hbond substituents is 1. The summed E-state index contributed by atoms with van der Waals surface area (Å²) in [6.07, 6.45) is 0. The highest BCUT2D eigenvalue weighted by atomic mass is 79.9. The van der Waals surface area contributed by atoms with Crippen LogP contribution in [0.15, 0.2) is 40.9 Å². The number of anilines is 2. The van der Waals surface area contributed by atoms with E-state index in [0.717, 1.165) is 0 Å². The van der Waals surface area contributed by atoms with Gasteiger partial charge >= 0.3 is 0 Å². The number of rotatable bonds is 2. The van der Waals surface area contributed by atoms with Crippen LogP contribution in [0.2, 0.25) is 5.02 Å². The van der Waals surface area contributed by atoms with Gasteiger partial charge in [0.2, 0.25) is 0 Å². The maximum Gasteiger partial charge on any atom is 0.259 e. The number of hydrogen-bond acceptors (Lipinski definition) is 3. The summed E-state index contributed by atoms with van der Waals surface area (Å²) in [6, 6.07) is 9.59. The molecule has 0 aromatic heterocycles. The molecule has 2 aromatic carbocycles. The average Bonchev–Trinajstić information content (AvgIpc) is 2.37. The number of carbonyl (C=O) groups excluding carboxylic acids is 1. The number of para-hydroxylation sites is 1. The van der Waals surface area contributed by atoms with E-state index in [1.54, 1.807) is 24.3 Å². The molecule has 1 amide bonds. The van der Waals surface area contributed by atoms with Gasteiger partial charge in [-0.3, -0.25) is 4.79 Å². The van der Waals surface area contributed by atoms with Crippen molar-refractivity contribution in [1.82, 2.24) is 0 Å². The fourth-order valence-electron chi connectivity index (χ4n) is 1.52. The molecule has 6 heteroatoms. The van der Waals surface area contributed by atoms with Crippen molar-refractivity contribution in [2.75, 3.05) is 11.1 Å². The normalized spacial score (nSPS) is 10.2. The first-order valence-electron chi connectivity index (χ1n) is 5.33. The molecule has 0 aliphatic rings. The molecule has 0 unspecified atom stereocenters. The van der Waals surface area contributed by atoms with E-state index in [1.807, 2.05) is 0 Å². The largest absolute Gasteiger partial charge is 0.505 e. The zero-order valence-corrected chi connectivity index (χ0v) is 12.0. The molecule has 4 N–H and O–H groups in total. The lowest BCUT2D eigenvalue weighted by atomic mass is 10.1. The van der Waals surface area contributed by atoms with Crippen molar-refractivity contribution in [3.8, 4) is 5.75 Å². The van der Waals surface area contributed by atoms with Crippen LogP contribution < -0.4 is 11.1 Å². The van der Waals surface area contributed by atoms with Gasteiger partial charge in [-0.1, -0.05) is 17.7 Å². The molecule has 0 radical (unpaired) electrons. The molecule has 0 aliphatic heterocycles. The van der Waals surface area contributed by atoms with Crippen LogP contribution in [-0.4, -0.2) is 11.0 Å². The molecule has 2 rings (SSSR count). The minimum atomic E-state index is -0.445. The van der Waals surface area contributed by atoms with Gasteiger partial charge in [0.15, 0.2) is 5.75 Å². The Morgan fingerprint density at radius 1 is 1.32 bits per heavy atom. The predicted octanol–water partition coefficient (Wildman–Crippen LogP) is 3.64. The highest BCUT2D eigenvalue weighted by molar-refractivity contribution is 9.10. The summed E-state index contributed by atoms with van der Waals surface area (Å²) in [6.45, 7) is 0. The van der Waals surface area contributed by atoms with E-state index in [4.69, 9.17) is 17.3 Å². The average molecular weight is 342 g/mol. The van der Waals surface area contributed by atoms with Crippen LogP contribution in [0.1, 0.15) is 10.4 Å². The summed E-state index contributed by atoms with van der Waals surface area (Å²) in [7, 11) is 0. The first-order chi connectivity index (χ1) is 8.99. The maximum absolute atomic E-state index is 12.0. The quantitative estimate of drug-likeness (QED) is 0.576. The Hall–Kier alpha value is -1.72. The van der Waals surface area contributed by atoms with Crippen molar-refractivity contribution in [3.05, 3.63) is 51.5 Å². The Bertz CT molecular complexity index is 647. The number of nitrogens with one attached hydrogen (secondary N) is 1. The van der Waals surface area contributed by atoms with Gasteiger partial charge in [-0.2, -0.15) is 0 Å². The molecular weight excluding hydrogens is 332 g/mol. The molecule has 0 aliphatic carbocycles. The summed E-state index contributed by atoms with van der Waals surface area (Å²) in [5, 5.41) is 12.9. The van der Waals surface area contributed by atoms with E-state index in [2.05, 4.69) is 21.2 Å². The zero-order valence-electron chi connectivity index (χ0n) is 9.65. The Morgan fingerprint density at radius 3 is 2.74 bits per heavy atom. The molecule has 0 fully saturated rings. The van der Waals surface area contributed by atoms with Crippen molar-refractivity contribution in [3.63, 3.8) is 0 Å². The van der Waals surface area contributed by atoms with Crippen molar-refractivity contribution < 1.29 is 9.90 Å². The van der Waals surface area contributed by atoms with E-state index >= 15 is 0 Å². The monoisotopic (exact) mass is 340 g/mol. The smallest absolute Gasteiger partial charge is 0.259 e. The molecule has 0 spiro atoms. The molecule has 0 bridgehead atoms. The summed E-state index contributed by atoms with van der Waals surface area (Å²) in [5.74, 6) is -0.674. The Kier molecular flexibility index (Phi) is 3.97. The second-order valence-corrected chi connectivity index (χ2v) is 5.09. The zero-order chi connectivity index (χ0) is 14.0. The van der Waals surface area contributed by atoms with E-state index in [0.29, 0.717) is 15.2 Å². The number of hydrogen-bond donors (Lipinski definition) is 3. The minimum Gasteiger partial charge on any atom is -0.505 e. The van der Waals surface area contributed by atoms with Gasteiger partial charge in [-0.05, 0) is 46.3 Å². The van der Waals surface area contributed by atoms with Gasteiger partial charge in [0.05, 0.1) is 16.3 Å². The highest BCUT2D eigenvalue weighted by Crippen LogP contribution is 2.28. The van der Waals surface area contributed by atoms with Gasteiger partial charge in [0.1, 0.15) is 0 Å². The minimum absolute atomic E-state index is 0.117. The molecule has 4 nitrogen and oxygen atoms in total. The van der Waals surface area contributed by atoms with Crippen LogP contribution in [0.4, 0.5) is 11.4 Å². The third-order valence-corrected chi connectivity index (χ3v) is 3.70. The van der Waals surface area contributed by atoms with Crippen LogP contribution in [0.5, 0.6) is 5.75 Å². The van der Waals surface area contributed by atoms with Crippen molar-refractivity contribution in [2.24, 2.45) is 0 Å². The van der Waals surface area contributed by atoms with Gasteiger partial charge < -0.3 is 16.2 Å². The van der Waals surface area contributed by atoms with Crippen LogP contribution in [0, 0.1) is 0 Å². The second-order valence-electron chi connectivity index (χ2n) is 3.83. The number of nitrogen functional groups attached to an aromatic ring is 1. The molecule has 0 heterocycles. The van der Waals surface area contributed by atoms with E-state index < -0.39 is 5.91 Å². The molecular formula is C13H10BrClN2O2. The number of phenols is 1. The number of amides is 1. The molecule has 0 saturated carbocycles. The summed E-state index contributed by atoms with van der Waals surface area (Å²) in [4.78, 5) is 12.0. The summed E-state index contributed by atoms with van der Waals surface area (Å²) < 4.78 is 0.670. The topological polar surface area (TPSA) is 75.4 Å². The first-order valence-corrected chi connectivity index (χ1v) is 6.50. The van der Waals surface area contributed by atoms with Gasteiger partial charge in [0.25, 0.3) is 5.91 Å². The molecule has 98 valence electrons. The SMILES string of the molecule is Nc1cccc(C(=O)Nc2ccc(Cl)c(Br)c2)c1O. The lowest BCUT2D eigenvalue weighted by molar-refractivity contribution is 0.102. The van der Waals surface area contributed by atoms with E-state index in [1.165, 1.54) is 12.1 Å². The highest BCUT2D eigenvalue weighted by Gasteiger charge is 2.13. The van der Waals surface area contributed by atoms with Gasteiger partial charge in [0, 0.05) is 10.2 Å². The van der Waals surface area contributed by atoms with E-state index in [9.17, 15) is 9.90 Å². The van der Waals surface area contributed by atoms with Crippen LogP contribution >= 0.6 is 27.5 Å². The van der Waals surface area contributed by atoms with Crippen LogP contribution in [-0.2, 0) is 0 Å². The van der Waals surface area contributed by atoms with Crippen molar-refractivity contribution in [1.29, 1.82) is 0 Å². The van der Waals surface area contributed by atoms with Gasteiger partial charge in [-0.15, -0.1) is 0 Å². The molecule has 19 heavy (non-hydrogen) atoms. The summed E-state index contributed by atoms with van der Waals surface area (Å²) >= 11 is 9.13. The number of nitrogens with two attached hydrogens (primary N) is 1. The molecule has 0 atom stereocenters. The number of benzene rings is 2. The Balaban J connectivity index is 2.26. The van der Waals surface area contributed by atoms with Crippen molar-refractivity contribution >= 4 is 44.8 Å². The third-order valence-electron chi connectivity index (χ3n) is 2.49. The predicted molar refractivity (Wildman–Crippen MR) is 79.6 cm³/mol. The number of halogens is 2. The second kappa shape index (κ2) is 5.50. The van der Waals surface area contributed by atoms with E-state index in [-0.39, 0.29) is 17.0 Å². The van der Waals surface area contributed by atoms with Gasteiger partial charge in [-0.25, -0.2) is 0 Å². The number of carbonyl (C=O) groups is 1. The molecule has 0 saturated heterocycles. The number of aromatic hydroxyl groups is 1. The molecule has 2 aromatic rings.